The van der Waals surface area contributed by atoms with Gasteiger partial charge < -0.3 is 9.64 Å². The van der Waals surface area contributed by atoms with Gasteiger partial charge in [0.2, 0.25) is 5.91 Å². The molecule has 0 N–H and O–H groups in total. The quantitative estimate of drug-likeness (QED) is 0.215. The summed E-state index contributed by atoms with van der Waals surface area (Å²) in [5.74, 6) is -0.150. The van der Waals surface area contributed by atoms with E-state index in [0.717, 1.165) is 69.1 Å². The first kappa shape index (κ1) is 35.3. The molecule has 0 aliphatic carbocycles. The van der Waals surface area contributed by atoms with E-state index < -0.39 is 23.1 Å². The van der Waals surface area contributed by atoms with Crippen molar-refractivity contribution in [3.63, 3.8) is 0 Å². The third kappa shape index (κ3) is 7.38. The van der Waals surface area contributed by atoms with E-state index in [2.05, 4.69) is 24.8 Å². The van der Waals surface area contributed by atoms with Crippen molar-refractivity contribution in [2.75, 3.05) is 20.1 Å². The third-order valence-electron chi connectivity index (χ3n) is 8.04. The number of carbonyl (C=O) groups excluding carboxylic acids is 3. The maximum absolute atomic E-state index is 14.3. The summed E-state index contributed by atoms with van der Waals surface area (Å²) in [6, 6.07) is 6.08. The highest BCUT2D eigenvalue weighted by Crippen LogP contribution is 2.39. The Bertz CT molecular complexity index is 1500. The van der Waals surface area contributed by atoms with Crippen LogP contribution in [-0.4, -0.2) is 64.7 Å². The number of allylic oxidation sites excluding steroid dienone is 1. The van der Waals surface area contributed by atoms with E-state index in [-0.39, 0.29) is 17.3 Å². The van der Waals surface area contributed by atoms with Crippen molar-refractivity contribution >= 4 is 29.3 Å². The van der Waals surface area contributed by atoms with Gasteiger partial charge in [-0.3, -0.25) is 14.4 Å². The lowest BCUT2D eigenvalue weighted by Crippen LogP contribution is -2.56. The van der Waals surface area contributed by atoms with Crippen LogP contribution < -0.4 is 4.74 Å². The van der Waals surface area contributed by atoms with Gasteiger partial charge in [-0.15, -0.1) is 0 Å². The molecular formula is C36H49N5O4. The highest BCUT2D eigenvalue weighted by Gasteiger charge is 2.43. The van der Waals surface area contributed by atoms with Crippen molar-refractivity contribution in [2.45, 2.75) is 101 Å². The van der Waals surface area contributed by atoms with Crippen LogP contribution in [0.1, 0.15) is 97.8 Å². The fourth-order valence-electron chi connectivity index (χ4n) is 5.84. The molecule has 0 spiro atoms. The Morgan fingerprint density at radius 1 is 1.11 bits per heavy atom. The lowest BCUT2D eigenvalue weighted by molar-refractivity contribution is -0.171. The van der Waals surface area contributed by atoms with E-state index in [1.807, 2.05) is 46.8 Å². The first-order chi connectivity index (χ1) is 21.1. The van der Waals surface area contributed by atoms with E-state index in [9.17, 15) is 19.6 Å². The number of aliphatic imine (C=N–C) groups is 1. The van der Waals surface area contributed by atoms with Gasteiger partial charge in [-0.1, -0.05) is 34.1 Å². The number of hydrazine groups is 1. The predicted octanol–water partition coefficient (Wildman–Crippen LogP) is 6.67. The van der Waals surface area contributed by atoms with Crippen LogP contribution >= 0.6 is 0 Å². The summed E-state index contributed by atoms with van der Waals surface area (Å²) in [6.45, 7) is 20.9. The summed E-state index contributed by atoms with van der Waals surface area (Å²) in [5.41, 5.74) is 4.18. The lowest BCUT2D eigenvalue weighted by atomic mass is 9.88. The number of aryl methyl sites for hydroxylation is 2. The number of amides is 3. The molecule has 2 aliphatic rings. The zero-order valence-electron chi connectivity index (χ0n) is 28.9. The number of ether oxygens (including phenoxy) is 1. The zero-order chi connectivity index (χ0) is 33.8. The number of nitrogens with zero attached hydrogens (tertiary/aromatic N) is 5. The zero-order valence-corrected chi connectivity index (χ0v) is 28.9. The molecule has 0 bridgehead atoms. The maximum atomic E-state index is 14.3. The fraction of sp³-hybridized carbons (Fsp3) is 0.528. The molecule has 0 saturated carbocycles. The minimum Gasteiger partial charge on any atom is -0.491 e. The largest absolute Gasteiger partial charge is 0.491 e. The van der Waals surface area contributed by atoms with Crippen LogP contribution in [0.15, 0.2) is 45.5 Å². The topological polar surface area (TPSA) is 106 Å². The van der Waals surface area contributed by atoms with Gasteiger partial charge in [0.15, 0.2) is 0 Å². The average molecular weight is 616 g/mol. The van der Waals surface area contributed by atoms with E-state index in [4.69, 9.17) is 9.73 Å². The molecule has 9 heteroatoms. The SMILES string of the molecule is CCCCC1=C(C#N)C(=O)N(N(C)C(=O)C(C)(C)C)C(=O)/C1=C\C1=C(c2c(C)cc(OC(C)C)cc2C)N=C(N(CC)CC)C1. The summed E-state index contributed by atoms with van der Waals surface area (Å²) >= 11 is 0. The summed E-state index contributed by atoms with van der Waals surface area (Å²) in [6.07, 6.45) is 4.20. The van der Waals surface area contributed by atoms with Crippen LogP contribution in [0.4, 0.5) is 0 Å². The van der Waals surface area contributed by atoms with Gasteiger partial charge in [0.05, 0.1) is 11.8 Å². The van der Waals surface area contributed by atoms with Gasteiger partial charge in [-0.2, -0.15) is 10.3 Å². The molecule has 9 nitrogen and oxygen atoms in total. The highest BCUT2D eigenvalue weighted by atomic mass is 16.5. The second-order valence-corrected chi connectivity index (χ2v) is 13.0. The molecule has 2 heterocycles. The predicted molar refractivity (Wildman–Crippen MR) is 178 cm³/mol. The van der Waals surface area contributed by atoms with Crippen LogP contribution in [0.5, 0.6) is 5.75 Å². The van der Waals surface area contributed by atoms with Crippen molar-refractivity contribution in [3.8, 4) is 11.8 Å². The number of hydrogen-bond donors (Lipinski definition) is 0. The molecule has 0 atom stereocenters. The normalized spacial score (nSPS) is 16.6. The molecule has 45 heavy (non-hydrogen) atoms. The van der Waals surface area contributed by atoms with Crippen LogP contribution in [0.25, 0.3) is 5.70 Å². The number of amidine groups is 1. The number of benzene rings is 1. The monoisotopic (exact) mass is 615 g/mol. The Kier molecular flexibility index (Phi) is 11.2. The Hall–Kier alpha value is -4.19. The summed E-state index contributed by atoms with van der Waals surface area (Å²) < 4.78 is 5.99. The first-order valence-electron chi connectivity index (χ1n) is 16.0. The number of carbonyl (C=O) groups is 3. The second-order valence-electron chi connectivity index (χ2n) is 13.0. The molecular weight excluding hydrogens is 566 g/mol. The van der Waals surface area contributed by atoms with E-state index in [1.165, 1.54) is 7.05 Å². The van der Waals surface area contributed by atoms with Crippen molar-refractivity contribution in [2.24, 2.45) is 10.4 Å². The molecule has 242 valence electrons. The maximum Gasteiger partial charge on any atom is 0.290 e. The summed E-state index contributed by atoms with van der Waals surface area (Å²) in [5, 5.41) is 12.1. The van der Waals surface area contributed by atoms with Crippen molar-refractivity contribution in [3.05, 3.63) is 57.2 Å². The lowest BCUT2D eigenvalue weighted by Gasteiger charge is -2.37. The minimum absolute atomic E-state index is 0.0295. The van der Waals surface area contributed by atoms with Crippen LogP contribution in [0.2, 0.25) is 0 Å². The standard InChI is InChI=1S/C36H49N5O4/c1-12-15-16-27-28(33(42)41(34(43)29(27)21-37)39(11)35(44)36(8,9)10)19-25-20-30(40(13-2)14-3)38-32(25)31-23(6)17-26(18-24(31)7)45-22(4)5/h17-19,22H,12-16,20H2,1-11H3/b28-19-. The van der Waals surface area contributed by atoms with Gasteiger partial charge in [0.25, 0.3) is 11.8 Å². The molecule has 0 aromatic heterocycles. The Balaban J connectivity index is 2.33. The third-order valence-corrected chi connectivity index (χ3v) is 8.04. The fourth-order valence-corrected chi connectivity index (χ4v) is 5.84. The van der Waals surface area contributed by atoms with Crippen molar-refractivity contribution < 1.29 is 19.1 Å². The smallest absolute Gasteiger partial charge is 0.290 e. The van der Waals surface area contributed by atoms with Gasteiger partial charge in [-0.05, 0) is 94.9 Å². The van der Waals surface area contributed by atoms with Gasteiger partial charge in [-0.25, -0.2) is 10.0 Å². The Labute approximate surface area is 268 Å². The Morgan fingerprint density at radius 2 is 1.71 bits per heavy atom. The molecule has 0 saturated heterocycles. The molecule has 0 fully saturated rings. The molecule has 0 radical (unpaired) electrons. The van der Waals surface area contributed by atoms with Crippen LogP contribution in [-0.2, 0) is 14.4 Å². The van der Waals surface area contributed by atoms with Crippen LogP contribution in [0.3, 0.4) is 0 Å². The van der Waals surface area contributed by atoms with Crippen molar-refractivity contribution in [1.29, 1.82) is 5.26 Å². The summed E-state index contributed by atoms with van der Waals surface area (Å²) in [7, 11) is 1.41. The molecule has 2 aliphatic heterocycles. The minimum atomic E-state index is -0.855. The number of nitriles is 1. The van der Waals surface area contributed by atoms with E-state index in [0.29, 0.717) is 24.8 Å². The number of imide groups is 1. The number of rotatable bonds is 10. The molecule has 3 rings (SSSR count). The Morgan fingerprint density at radius 3 is 2.20 bits per heavy atom. The average Bonchev–Trinajstić information content (AvgIpc) is 3.35. The molecule has 1 aromatic rings. The van der Waals surface area contributed by atoms with E-state index in [1.54, 1.807) is 26.8 Å². The highest BCUT2D eigenvalue weighted by molar-refractivity contribution is 6.19. The molecule has 1 aromatic carbocycles. The first-order valence-corrected chi connectivity index (χ1v) is 16.0. The number of hydrogen-bond acceptors (Lipinski definition) is 7. The van der Waals surface area contributed by atoms with Gasteiger partial charge >= 0.3 is 0 Å². The second kappa shape index (κ2) is 14.3. The molecule has 3 amide bonds. The van der Waals surface area contributed by atoms with E-state index >= 15 is 0 Å². The number of unbranched alkanes of at least 4 members (excludes halogenated alkanes) is 1. The van der Waals surface area contributed by atoms with Gasteiger partial charge in [0.1, 0.15) is 23.2 Å². The van der Waals surface area contributed by atoms with Crippen LogP contribution in [0, 0.1) is 30.6 Å². The summed E-state index contributed by atoms with van der Waals surface area (Å²) in [4.78, 5) is 48.5. The molecule has 0 unspecified atom stereocenters. The van der Waals surface area contributed by atoms with Gasteiger partial charge in [0, 0.05) is 43.1 Å². The van der Waals surface area contributed by atoms with Crippen molar-refractivity contribution in [1.82, 2.24) is 14.9 Å².